The van der Waals surface area contributed by atoms with Crippen molar-refractivity contribution in [1.29, 1.82) is 0 Å². The van der Waals surface area contributed by atoms with Crippen molar-refractivity contribution in [3.05, 3.63) is 30.1 Å². The average molecular weight is 176 g/mol. The van der Waals surface area contributed by atoms with Gasteiger partial charge in [-0.15, -0.1) is 0 Å². The van der Waals surface area contributed by atoms with Crippen LogP contribution in [-0.4, -0.2) is 12.0 Å². The first-order valence-corrected chi connectivity index (χ1v) is 4.83. The van der Waals surface area contributed by atoms with E-state index in [1.165, 1.54) is 18.4 Å². The molecule has 0 aliphatic heterocycles. The lowest BCUT2D eigenvalue weighted by Crippen LogP contribution is -2.24. The summed E-state index contributed by atoms with van der Waals surface area (Å²) < 4.78 is 0. The molecule has 1 unspecified atom stereocenters. The second-order valence-electron chi connectivity index (χ2n) is 4.16. The van der Waals surface area contributed by atoms with Crippen molar-refractivity contribution in [2.45, 2.75) is 25.8 Å². The molecule has 1 aliphatic carbocycles. The van der Waals surface area contributed by atoms with Crippen LogP contribution in [0.5, 0.6) is 0 Å². The van der Waals surface area contributed by atoms with Crippen LogP contribution in [0.3, 0.4) is 0 Å². The number of hydrogen-bond acceptors (Lipinski definition) is 2. The third-order valence-electron chi connectivity index (χ3n) is 3.04. The molecule has 1 N–H and O–H groups in total. The van der Waals surface area contributed by atoms with Crippen LogP contribution in [-0.2, 0) is 0 Å². The lowest BCUT2D eigenvalue weighted by atomic mass is 9.93. The molecular weight excluding hydrogens is 160 g/mol. The Balaban J connectivity index is 2.23. The van der Waals surface area contributed by atoms with Crippen molar-refractivity contribution in [2.24, 2.45) is 5.41 Å². The summed E-state index contributed by atoms with van der Waals surface area (Å²) in [7, 11) is 2.03. The van der Waals surface area contributed by atoms with E-state index in [9.17, 15) is 0 Å². The van der Waals surface area contributed by atoms with E-state index in [2.05, 4.69) is 23.3 Å². The maximum Gasteiger partial charge on any atom is 0.0387 e. The van der Waals surface area contributed by atoms with Crippen LogP contribution >= 0.6 is 0 Å². The molecule has 2 heteroatoms. The second kappa shape index (κ2) is 3.11. The number of pyridine rings is 1. The highest BCUT2D eigenvalue weighted by Crippen LogP contribution is 2.54. The van der Waals surface area contributed by atoms with Crippen LogP contribution in [0, 0.1) is 5.41 Å². The lowest BCUT2D eigenvalue weighted by Gasteiger charge is -2.22. The zero-order chi connectivity index (χ0) is 9.31. The SMILES string of the molecule is CNC(c1cccnc1)C1(C)CC1. The molecule has 1 fully saturated rings. The van der Waals surface area contributed by atoms with E-state index in [-0.39, 0.29) is 0 Å². The Morgan fingerprint density at radius 3 is 2.77 bits per heavy atom. The molecule has 0 aromatic carbocycles. The highest BCUT2D eigenvalue weighted by molar-refractivity contribution is 5.19. The molecule has 1 atom stereocenters. The molecule has 1 aromatic heterocycles. The average Bonchev–Trinajstić information content (AvgIpc) is 2.87. The van der Waals surface area contributed by atoms with Gasteiger partial charge in [0.25, 0.3) is 0 Å². The fourth-order valence-corrected chi connectivity index (χ4v) is 1.95. The fraction of sp³-hybridized carbons (Fsp3) is 0.545. The van der Waals surface area contributed by atoms with E-state index in [1.807, 2.05) is 25.5 Å². The summed E-state index contributed by atoms with van der Waals surface area (Å²) in [6, 6.07) is 4.63. The third-order valence-corrected chi connectivity index (χ3v) is 3.04. The first kappa shape index (κ1) is 8.70. The van der Waals surface area contributed by atoms with E-state index in [1.54, 1.807) is 0 Å². The van der Waals surface area contributed by atoms with Gasteiger partial charge in [-0.3, -0.25) is 4.98 Å². The number of aromatic nitrogens is 1. The quantitative estimate of drug-likeness (QED) is 0.763. The van der Waals surface area contributed by atoms with Gasteiger partial charge in [-0.1, -0.05) is 13.0 Å². The summed E-state index contributed by atoms with van der Waals surface area (Å²) in [5, 5.41) is 3.38. The number of hydrogen-bond donors (Lipinski definition) is 1. The third kappa shape index (κ3) is 1.59. The molecule has 1 aromatic rings. The Hall–Kier alpha value is -0.890. The van der Waals surface area contributed by atoms with Gasteiger partial charge in [0, 0.05) is 18.4 Å². The number of rotatable bonds is 3. The molecule has 13 heavy (non-hydrogen) atoms. The maximum absolute atomic E-state index is 4.15. The molecule has 70 valence electrons. The normalized spacial score (nSPS) is 21.1. The Kier molecular flexibility index (Phi) is 2.08. The fourth-order valence-electron chi connectivity index (χ4n) is 1.95. The highest BCUT2D eigenvalue weighted by Gasteiger charge is 2.44. The number of nitrogens with one attached hydrogen (secondary N) is 1. The molecule has 0 spiro atoms. The van der Waals surface area contributed by atoms with Gasteiger partial charge in [-0.05, 0) is 36.9 Å². The standard InChI is InChI=1S/C11H16N2/c1-11(5-6-11)10(12-2)9-4-3-7-13-8-9/h3-4,7-8,10,12H,5-6H2,1-2H3. The van der Waals surface area contributed by atoms with Crippen LogP contribution in [0.15, 0.2) is 24.5 Å². The summed E-state index contributed by atoms with van der Waals surface area (Å²) in [6.07, 6.45) is 6.44. The molecule has 0 bridgehead atoms. The largest absolute Gasteiger partial charge is 0.312 e. The summed E-state index contributed by atoms with van der Waals surface area (Å²) in [5.74, 6) is 0. The zero-order valence-corrected chi connectivity index (χ0v) is 8.25. The Labute approximate surface area is 79.4 Å². The van der Waals surface area contributed by atoms with Gasteiger partial charge >= 0.3 is 0 Å². The van der Waals surface area contributed by atoms with Gasteiger partial charge in [0.1, 0.15) is 0 Å². The molecule has 1 saturated carbocycles. The smallest absolute Gasteiger partial charge is 0.0387 e. The Morgan fingerprint density at radius 2 is 2.31 bits per heavy atom. The maximum atomic E-state index is 4.15. The minimum absolute atomic E-state index is 0.470. The summed E-state index contributed by atoms with van der Waals surface area (Å²) in [6.45, 7) is 2.33. The minimum Gasteiger partial charge on any atom is -0.312 e. The van der Waals surface area contributed by atoms with Crippen LogP contribution in [0.4, 0.5) is 0 Å². The summed E-state index contributed by atoms with van der Waals surface area (Å²) in [5.41, 5.74) is 1.78. The first-order chi connectivity index (χ1) is 6.26. The lowest BCUT2D eigenvalue weighted by molar-refractivity contribution is 0.389. The molecule has 0 amide bonds. The van der Waals surface area contributed by atoms with Crippen molar-refractivity contribution < 1.29 is 0 Å². The van der Waals surface area contributed by atoms with Crippen LogP contribution < -0.4 is 5.32 Å². The van der Waals surface area contributed by atoms with Crippen molar-refractivity contribution in [3.63, 3.8) is 0 Å². The van der Waals surface area contributed by atoms with Gasteiger partial charge in [-0.25, -0.2) is 0 Å². The first-order valence-electron chi connectivity index (χ1n) is 4.83. The molecule has 2 rings (SSSR count). The molecular formula is C11H16N2. The van der Waals surface area contributed by atoms with Crippen LogP contribution in [0.25, 0.3) is 0 Å². The minimum atomic E-state index is 0.470. The van der Waals surface area contributed by atoms with Gasteiger partial charge in [0.2, 0.25) is 0 Å². The van der Waals surface area contributed by atoms with E-state index in [0.29, 0.717) is 11.5 Å². The van der Waals surface area contributed by atoms with Crippen LogP contribution in [0.1, 0.15) is 31.4 Å². The monoisotopic (exact) mass is 176 g/mol. The summed E-state index contributed by atoms with van der Waals surface area (Å²) >= 11 is 0. The van der Waals surface area contributed by atoms with Gasteiger partial charge in [-0.2, -0.15) is 0 Å². The molecule has 1 aliphatic rings. The number of nitrogens with zero attached hydrogens (tertiary/aromatic N) is 1. The van der Waals surface area contributed by atoms with Gasteiger partial charge < -0.3 is 5.32 Å². The van der Waals surface area contributed by atoms with Crippen molar-refractivity contribution in [2.75, 3.05) is 7.05 Å². The summed E-state index contributed by atoms with van der Waals surface area (Å²) in [4.78, 5) is 4.15. The molecule has 2 nitrogen and oxygen atoms in total. The Bertz CT molecular complexity index is 277. The zero-order valence-electron chi connectivity index (χ0n) is 8.25. The van der Waals surface area contributed by atoms with Gasteiger partial charge in [0.05, 0.1) is 0 Å². The highest BCUT2D eigenvalue weighted by atomic mass is 14.9. The van der Waals surface area contributed by atoms with E-state index >= 15 is 0 Å². The van der Waals surface area contributed by atoms with E-state index in [4.69, 9.17) is 0 Å². The Morgan fingerprint density at radius 1 is 1.54 bits per heavy atom. The molecule has 0 radical (unpaired) electrons. The van der Waals surface area contributed by atoms with Crippen molar-refractivity contribution in [1.82, 2.24) is 10.3 Å². The van der Waals surface area contributed by atoms with Crippen LogP contribution in [0.2, 0.25) is 0 Å². The van der Waals surface area contributed by atoms with E-state index < -0.39 is 0 Å². The van der Waals surface area contributed by atoms with Gasteiger partial charge in [0.15, 0.2) is 0 Å². The molecule has 0 saturated heterocycles. The van der Waals surface area contributed by atoms with Crippen molar-refractivity contribution >= 4 is 0 Å². The van der Waals surface area contributed by atoms with E-state index in [0.717, 1.165) is 0 Å². The second-order valence-corrected chi connectivity index (χ2v) is 4.16. The topological polar surface area (TPSA) is 24.9 Å². The molecule has 1 heterocycles. The predicted molar refractivity (Wildman–Crippen MR) is 53.4 cm³/mol. The predicted octanol–water partition coefficient (Wildman–Crippen LogP) is 2.14. The van der Waals surface area contributed by atoms with Crippen molar-refractivity contribution in [3.8, 4) is 0 Å².